The van der Waals surface area contributed by atoms with E-state index in [1.165, 1.54) is 12.1 Å². The van der Waals surface area contributed by atoms with E-state index in [4.69, 9.17) is 5.84 Å². The first-order chi connectivity index (χ1) is 10.3. The summed E-state index contributed by atoms with van der Waals surface area (Å²) < 4.78 is 12.9. The second-order valence-corrected chi connectivity index (χ2v) is 4.83. The summed E-state index contributed by atoms with van der Waals surface area (Å²) in [4.78, 5) is 8.97. The van der Waals surface area contributed by atoms with Crippen LogP contribution in [0.1, 0.15) is 17.3 Å². The van der Waals surface area contributed by atoms with Crippen LogP contribution in [0.25, 0.3) is 11.0 Å². The van der Waals surface area contributed by atoms with E-state index >= 15 is 0 Å². The van der Waals surface area contributed by atoms with Gasteiger partial charge < -0.3 is 0 Å². The van der Waals surface area contributed by atoms with Crippen LogP contribution in [-0.4, -0.2) is 9.97 Å². The van der Waals surface area contributed by atoms with Gasteiger partial charge in [0.1, 0.15) is 5.82 Å². The zero-order valence-electron chi connectivity index (χ0n) is 11.3. The molecule has 0 amide bonds. The van der Waals surface area contributed by atoms with Crippen molar-refractivity contribution in [3.8, 4) is 0 Å². The number of nitrogens with zero attached hydrogens (tertiary/aromatic N) is 2. The molecule has 0 aliphatic heterocycles. The smallest absolute Gasteiger partial charge is 0.123 e. The van der Waals surface area contributed by atoms with Crippen molar-refractivity contribution in [2.75, 3.05) is 0 Å². The Kier molecular flexibility index (Phi) is 3.85. The number of hydrogen-bond donors (Lipinski definition) is 2. The number of aromatic nitrogens is 2. The van der Waals surface area contributed by atoms with Gasteiger partial charge in [0.2, 0.25) is 0 Å². The number of halogens is 1. The molecule has 1 heterocycles. The van der Waals surface area contributed by atoms with Gasteiger partial charge in [0, 0.05) is 0 Å². The van der Waals surface area contributed by atoms with Crippen LogP contribution < -0.4 is 11.3 Å². The molecule has 3 N–H and O–H groups in total. The molecule has 1 atom stereocenters. The minimum Gasteiger partial charge on any atom is -0.271 e. The van der Waals surface area contributed by atoms with E-state index < -0.39 is 0 Å². The number of hydrazine groups is 1. The van der Waals surface area contributed by atoms with Crippen LogP contribution in [0.4, 0.5) is 4.39 Å². The van der Waals surface area contributed by atoms with E-state index in [2.05, 4.69) is 15.4 Å². The molecule has 0 aliphatic rings. The monoisotopic (exact) mass is 282 g/mol. The average molecular weight is 282 g/mol. The van der Waals surface area contributed by atoms with Crippen molar-refractivity contribution in [3.05, 3.63) is 71.8 Å². The van der Waals surface area contributed by atoms with Crippen molar-refractivity contribution < 1.29 is 4.39 Å². The van der Waals surface area contributed by atoms with Gasteiger partial charge in [-0.1, -0.05) is 24.3 Å². The molecule has 0 saturated heterocycles. The number of para-hydroxylation sites is 2. The predicted octanol–water partition coefficient (Wildman–Crippen LogP) is 2.52. The van der Waals surface area contributed by atoms with Crippen LogP contribution in [0.2, 0.25) is 0 Å². The fraction of sp³-hybridized carbons (Fsp3) is 0.125. The van der Waals surface area contributed by atoms with Crippen LogP contribution in [0.15, 0.2) is 54.7 Å². The molecule has 4 nitrogen and oxygen atoms in total. The molecular weight excluding hydrogens is 267 g/mol. The van der Waals surface area contributed by atoms with E-state index in [9.17, 15) is 4.39 Å². The Bertz CT molecular complexity index is 743. The van der Waals surface area contributed by atoms with Crippen molar-refractivity contribution in [2.45, 2.75) is 12.5 Å². The standard InChI is InChI=1S/C16H15FN4/c17-12-7-5-11(6-8-12)9-15(21-18)16-10-19-13-3-1-2-4-14(13)20-16/h1-8,10,15,21H,9,18H2. The quantitative estimate of drug-likeness (QED) is 0.570. The Morgan fingerprint density at radius 1 is 1.05 bits per heavy atom. The molecule has 2 aromatic carbocycles. The first-order valence-corrected chi connectivity index (χ1v) is 6.68. The highest BCUT2D eigenvalue weighted by Crippen LogP contribution is 2.18. The molecule has 0 spiro atoms. The maximum Gasteiger partial charge on any atom is 0.123 e. The van der Waals surface area contributed by atoms with Crippen molar-refractivity contribution in [1.82, 2.24) is 15.4 Å². The highest BCUT2D eigenvalue weighted by molar-refractivity contribution is 5.73. The lowest BCUT2D eigenvalue weighted by atomic mass is 10.0. The van der Waals surface area contributed by atoms with Crippen molar-refractivity contribution in [1.29, 1.82) is 0 Å². The molecule has 0 fully saturated rings. The van der Waals surface area contributed by atoms with E-state index in [1.807, 2.05) is 24.3 Å². The Hall–Kier alpha value is -2.37. The van der Waals surface area contributed by atoms with Gasteiger partial charge in [-0.2, -0.15) is 0 Å². The summed E-state index contributed by atoms with van der Waals surface area (Å²) in [7, 11) is 0. The third-order valence-electron chi connectivity index (χ3n) is 3.38. The summed E-state index contributed by atoms with van der Waals surface area (Å²) in [5, 5.41) is 0. The molecule has 0 bridgehead atoms. The molecule has 0 aliphatic carbocycles. The third-order valence-corrected chi connectivity index (χ3v) is 3.38. The molecule has 1 aromatic heterocycles. The molecule has 5 heteroatoms. The summed E-state index contributed by atoms with van der Waals surface area (Å²) in [6, 6.07) is 13.9. The van der Waals surface area contributed by atoms with E-state index in [-0.39, 0.29) is 11.9 Å². The van der Waals surface area contributed by atoms with Gasteiger partial charge in [-0.05, 0) is 36.2 Å². The Morgan fingerprint density at radius 2 is 1.76 bits per heavy atom. The molecule has 0 radical (unpaired) electrons. The van der Waals surface area contributed by atoms with Gasteiger partial charge in [-0.25, -0.2) is 9.37 Å². The normalized spacial score (nSPS) is 12.5. The lowest BCUT2D eigenvalue weighted by Crippen LogP contribution is -2.30. The lowest BCUT2D eigenvalue weighted by molar-refractivity contribution is 0.537. The first kappa shape index (κ1) is 13.6. The number of nitrogens with two attached hydrogens (primary N) is 1. The zero-order chi connectivity index (χ0) is 14.7. The van der Waals surface area contributed by atoms with Crippen LogP contribution in [0.3, 0.4) is 0 Å². The number of nitrogens with one attached hydrogen (secondary N) is 1. The summed E-state index contributed by atoms with van der Waals surface area (Å²) in [6.45, 7) is 0. The largest absolute Gasteiger partial charge is 0.271 e. The number of benzene rings is 2. The van der Waals surface area contributed by atoms with Crippen LogP contribution in [-0.2, 0) is 6.42 Å². The van der Waals surface area contributed by atoms with Gasteiger partial charge in [-0.15, -0.1) is 0 Å². The Morgan fingerprint density at radius 3 is 2.48 bits per heavy atom. The minimum absolute atomic E-state index is 0.174. The number of hydrogen-bond acceptors (Lipinski definition) is 4. The van der Waals surface area contributed by atoms with E-state index in [0.717, 1.165) is 22.3 Å². The van der Waals surface area contributed by atoms with Crippen molar-refractivity contribution in [3.63, 3.8) is 0 Å². The SMILES string of the molecule is NNC(Cc1ccc(F)cc1)c1cnc2ccccc2n1. The second kappa shape index (κ2) is 5.95. The number of rotatable bonds is 4. The molecular formula is C16H15FN4. The first-order valence-electron chi connectivity index (χ1n) is 6.68. The Balaban J connectivity index is 1.88. The topological polar surface area (TPSA) is 63.8 Å². The van der Waals surface area contributed by atoms with Gasteiger partial charge in [0.15, 0.2) is 0 Å². The fourth-order valence-corrected chi connectivity index (χ4v) is 2.24. The predicted molar refractivity (Wildman–Crippen MR) is 79.7 cm³/mol. The van der Waals surface area contributed by atoms with Gasteiger partial charge in [0.25, 0.3) is 0 Å². The van der Waals surface area contributed by atoms with Gasteiger partial charge in [0.05, 0.1) is 29.0 Å². The van der Waals surface area contributed by atoms with Gasteiger partial charge >= 0.3 is 0 Å². The third kappa shape index (κ3) is 3.04. The molecule has 0 saturated carbocycles. The summed E-state index contributed by atoms with van der Waals surface area (Å²) in [5.74, 6) is 5.39. The Labute approximate surface area is 121 Å². The summed E-state index contributed by atoms with van der Waals surface area (Å²) >= 11 is 0. The molecule has 3 aromatic rings. The lowest BCUT2D eigenvalue weighted by Gasteiger charge is -2.15. The highest BCUT2D eigenvalue weighted by atomic mass is 19.1. The molecule has 1 unspecified atom stereocenters. The average Bonchev–Trinajstić information content (AvgIpc) is 2.54. The molecule has 106 valence electrons. The summed E-state index contributed by atoms with van der Waals surface area (Å²) in [5.41, 5.74) is 6.17. The minimum atomic E-state index is -0.249. The molecule has 21 heavy (non-hydrogen) atoms. The second-order valence-electron chi connectivity index (χ2n) is 4.83. The van der Waals surface area contributed by atoms with Crippen molar-refractivity contribution in [2.24, 2.45) is 5.84 Å². The maximum absolute atomic E-state index is 12.9. The van der Waals surface area contributed by atoms with E-state index in [1.54, 1.807) is 18.3 Å². The van der Waals surface area contributed by atoms with Crippen LogP contribution in [0.5, 0.6) is 0 Å². The van der Waals surface area contributed by atoms with Crippen LogP contribution in [0, 0.1) is 5.82 Å². The van der Waals surface area contributed by atoms with Crippen LogP contribution >= 0.6 is 0 Å². The highest BCUT2D eigenvalue weighted by Gasteiger charge is 2.13. The zero-order valence-corrected chi connectivity index (χ0v) is 11.3. The number of fused-ring (bicyclic) bond motifs is 1. The fourth-order valence-electron chi connectivity index (χ4n) is 2.24. The molecule has 3 rings (SSSR count). The van der Waals surface area contributed by atoms with Gasteiger partial charge in [-0.3, -0.25) is 16.3 Å². The summed E-state index contributed by atoms with van der Waals surface area (Å²) in [6.07, 6.45) is 2.33. The maximum atomic E-state index is 12.9. The van der Waals surface area contributed by atoms with E-state index in [0.29, 0.717) is 6.42 Å². The van der Waals surface area contributed by atoms with Crippen molar-refractivity contribution >= 4 is 11.0 Å².